The second-order valence-electron chi connectivity index (χ2n) is 7.96. The molecule has 8 heteroatoms. The molecule has 0 radical (unpaired) electrons. The molecule has 31 heavy (non-hydrogen) atoms. The van der Waals surface area contributed by atoms with Crippen LogP contribution in [0.2, 0.25) is 0 Å². The molecule has 1 amide bonds. The van der Waals surface area contributed by atoms with Crippen LogP contribution in [-0.4, -0.2) is 40.3 Å². The number of rotatable bonds is 7. The topological polar surface area (TPSA) is 107 Å². The number of carbonyl (C=O) groups is 2. The number of nitrogens with zero attached hydrogens (tertiary/aromatic N) is 1. The summed E-state index contributed by atoms with van der Waals surface area (Å²) in [5.41, 5.74) is -0.169. The van der Waals surface area contributed by atoms with Gasteiger partial charge in [-0.3, -0.25) is 9.59 Å². The standard InChI is InChI=1S/C23H28N2O6/c1-15-13-19(27)20(21(28)25(15)5)18(26)10-9-16-7-6-8-17(14-16)30-12-11-24-22(29)31-23(2,3)4/h6-10,13-14,27H,11-12H2,1-5H3,(H,24,29). The molecule has 1 heterocycles. The van der Waals surface area contributed by atoms with Gasteiger partial charge in [0.2, 0.25) is 0 Å². The van der Waals surface area contributed by atoms with E-state index in [9.17, 15) is 19.5 Å². The first kappa shape index (κ1) is 23.7. The van der Waals surface area contributed by atoms with Gasteiger partial charge < -0.3 is 24.5 Å². The fourth-order valence-electron chi connectivity index (χ4n) is 2.64. The molecule has 8 nitrogen and oxygen atoms in total. The minimum absolute atomic E-state index is 0.235. The van der Waals surface area contributed by atoms with Crippen molar-refractivity contribution in [1.82, 2.24) is 9.88 Å². The van der Waals surface area contributed by atoms with Crippen LogP contribution >= 0.6 is 0 Å². The van der Waals surface area contributed by atoms with E-state index in [2.05, 4.69) is 5.32 Å². The quantitative estimate of drug-likeness (QED) is 0.398. The van der Waals surface area contributed by atoms with Crippen molar-refractivity contribution in [2.75, 3.05) is 13.2 Å². The van der Waals surface area contributed by atoms with Crippen LogP contribution in [-0.2, 0) is 11.8 Å². The van der Waals surface area contributed by atoms with Gasteiger partial charge in [0.05, 0.1) is 6.54 Å². The van der Waals surface area contributed by atoms with Crippen LogP contribution in [0.3, 0.4) is 0 Å². The summed E-state index contributed by atoms with van der Waals surface area (Å²) in [6.45, 7) is 7.52. The lowest BCUT2D eigenvalue weighted by atomic mass is 10.1. The Bertz CT molecular complexity index is 1050. The van der Waals surface area contributed by atoms with E-state index in [4.69, 9.17) is 9.47 Å². The molecule has 166 valence electrons. The minimum Gasteiger partial charge on any atom is -0.507 e. The zero-order valence-electron chi connectivity index (χ0n) is 18.4. The predicted molar refractivity (Wildman–Crippen MR) is 118 cm³/mol. The first-order valence-corrected chi connectivity index (χ1v) is 9.79. The maximum absolute atomic E-state index is 12.4. The third-order valence-corrected chi connectivity index (χ3v) is 4.22. The Morgan fingerprint density at radius 2 is 1.94 bits per heavy atom. The molecule has 0 saturated heterocycles. The summed E-state index contributed by atoms with van der Waals surface area (Å²) in [5.74, 6) is -0.384. The summed E-state index contributed by atoms with van der Waals surface area (Å²) in [6, 6.07) is 8.35. The van der Waals surface area contributed by atoms with Crippen LogP contribution in [0.1, 0.15) is 42.4 Å². The van der Waals surface area contributed by atoms with Gasteiger partial charge >= 0.3 is 6.09 Å². The smallest absolute Gasteiger partial charge is 0.407 e. The maximum atomic E-state index is 12.4. The first-order chi connectivity index (χ1) is 14.5. The maximum Gasteiger partial charge on any atom is 0.407 e. The Morgan fingerprint density at radius 3 is 2.61 bits per heavy atom. The number of aryl methyl sites for hydroxylation is 1. The van der Waals surface area contributed by atoms with Gasteiger partial charge in [0.25, 0.3) is 5.56 Å². The van der Waals surface area contributed by atoms with E-state index in [0.717, 1.165) is 0 Å². The second kappa shape index (κ2) is 9.97. The van der Waals surface area contributed by atoms with E-state index in [1.165, 1.54) is 29.8 Å². The molecule has 0 fully saturated rings. The van der Waals surface area contributed by atoms with Crippen molar-refractivity contribution in [3.05, 3.63) is 63.6 Å². The fraction of sp³-hybridized carbons (Fsp3) is 0.348. The van der Waals surface area contributed by atoms with Crippen molar-refractivity contribution in [2.24, 2.45) is 7.05 Å². The molecule has 2 aromatic rings. The lowest BCUT2D eigenvalue weighted by Crippen LogP contribution is -2.34. The van der Waals surface area contributed by atoms with Crippen molar-refractivity contribution in [1.29, 1.82) is 0 Å². The molecule has 0 spiro atoms. The van der Waals surface area contributed by atoms with Crippen molar-refractivity contribution < 1.29 is 24.2 Å². The third-order valence-electron chi connectivity index (χ3n) is 4.22. The number of allylic oxidation sites excluding steroid dienone is 1. The number of hydrogen-bond donors (Lipinski definition) is 2. The number of alkyl carbamates (subject to hydrolysis) is 1. The van der Waals surface area contributed by atoms with E-state index in [-0.39, 0.29) is 24.5 Å². The molecule has 1 aromatic carbocycles. The molecule has 0 aliphatic heterocycles. The molecule has 0 aliphatic carbocycles. The number of pyridine rings is 1. The molecule has 0 saturated carbocycles. The van der Waals surface area contributed by atoms with Crippen LogP contribution in [0.5, 0.6) is 11.5 Å². The summed E-state index contributed by atoms with van der Waals surface area (Å²) in [4.78, 5) is 36.3. The van der Waals surface area contributed by atoms with Crippen LogP contribution in [0.15, 0.2) is 41.2 Å². The molecule has 0 unspecified atom stereocenters. The van der Waals surface area contributed by atoms with Crippen LogP contribution in [0.25, 0.3) is 6.08 Å². The number of nitrogens with one attached hydrogen (secondary N) is 1. The molecule has 2 N–H and O–H groups in total. The van der Waals surface area contributed by atoms with Crippen molar-refractivity contribution in [3.63, 3.8) is 0 Å². The highest BCUT2D eigenvalue weighted by molar-refractivity contribution is 6.08. The van der Waals surface area contributed by atoms with Gasteiger partial charge in [0, 0.05) is 18.8 Å². The summed E-state index contributed by atoms with van der Waals surface area (Å²) in [6.07, 6.45) is 2.25. The van der Waals surface area contributed by atoms with Crippen molar-refractivity contribution in [3.8, 4) is 11.5 Å². The van der Waals surface area contributed by atoms with Crippen molar-refractivity contribution in [2.45, 2.75) is 33.3 Å². The zero-order chi connectivity index (χ0) is 23.2. The van der Waals surface area contributed by atoms with Gasteiger partial charge in [0.15, 0.2) is 5.78 Å². The molecule has 0 atom stereocenters. The Hall–Kier alpha value is -3.55. The Balaban J connectivity index is 1.98. The summed E-state index contributed by atoms with van der Waals surface area (Å²) in [7, 11) is 1.54. The highest BCUT2D eigenvalue weighted by Gasteiger charge is 2.16. The second-order valence-corrected chi connectivity index (χ2v) is 7.96. The Kier molecular flexibility index (Phi) is 7.63. The number of aromatic nitrogens is 1. The fourth-order valence-corrected chi connectivity index (χ4v) is 2.64. The van der Waals surface area contributed by atoms with Gasteiger partial charge in [-0.2, -0.15) is 0 Å². The molecule has 1 aromatic heterocycles. The number of hydrogen-bond acceptors (Lipinski definition) is 6. The lowest BCUT2D eigenvalue weighted by Gasteiger charge is -2.19. The Morgan fingerprint density at radius 1 is 1.23 bits per heavy atom. The first-order valence-electron chi connectivity index (χ1n) is 9.79. The highest BCUT2D eigenvalue weighted by atomic mass is 16.6. The number of ketones is 1. The van der Waals surface area contributed by atoms with Gasteiger partial charge in [-0.05, 0) is 51.5 Å². The predicted octanol–water partition coefficient (Wildman–Crippen LogP) is 3.20. The SMILES string of the molecule is Cc1cc(O)c(C(=O)C=Cc2cccc(OCCNC(=O)OC(C)(C)C)c2)c(=O)n1C. The van der Waals surface area contributed by atoms with Crippen molar-refractivity contribution >= 4 is 18.0 Å². The molecular weight excluding hydrogens is 400 g/mol. The summed E-state index contributed by atoms with van der Waals surface area (Å²) >= 11 is 0. The summed E-state index contributed by atoms with van der Waals surface area (Å²) in [5, 5.41) is 12.6. The summed E-state index contributed by atoms with van der Waals surface area (Å²) < 4.78 is 12.1. The van der Waals surface area contributed by atoms with Gasteiger partial charge in [-0.15, -0.1) is 0 Å². The molecular formula is C23H28N2O6. The third kappa shape index (κ3) is 7.02. The number of carbonyl (C=O) groups excluding carboxylic acids is 2. The van der Waals surface area contributed by atoms with Gasteiger partial charge in [0.1, 0.15) is 29.3 Å². The van der Waals surface area contributed by atoms with E-state index in [1.807, 2.05) is 0 Å². The minimum atomic E-state index is -0.592. The van der Waals surface area contributed by atoms with Crippen LogP contribution < -0.4 is 15.6 Å². The number of amides is 1. The van der Waals surface area contributed by atoms with Gasteiger partial charge in [-0.25, -0.2) is 4.79 Å². The largest absolute Gasteiger partial charge is 0.507 e. The average Bonchev–Trinajstić information content (AvgIpc) is 2.67. The van der Waals surface area contributed by atoms with E-state index >= 15 is 0 Å². The monoisotopic (exact) mass is 428 g/mol. The molecule has 2 rings (SSSR count). The number of benzene rings is 1. The van der Waals surface area contributed by atoms with E-state index in [0.29, 0.717) is 17.0 Å². The van der Waals surface area contributed by atoms with Gasteiger partial charge in [-0.1, -0.05) is 18.2 Å². The molecule has 0 bridgehead atoms. The normalized spacial score (nSPS) is 11.4. The number of aromatic hydroxyl groups is 1. The Labute approximate surface area is 181 Å². The molecule has 0 aliphatic rings. The zero-order valence-corrected chi connectivity index (χ0v) is 18.4. The number of ether oxygens (including phenoxy) is 2. The van der Waals surface area contributed by atoms with E-state index < -0.39 is 23.0 Å². The average molecular weight is 428 g/mol. The lowest BCUT2D eigenvalue weighted by molar-refractivity contribution is 0.0520. The van der Waals surface area contributed by atoms with Crippen LogP contribution in [0, 0.1) is 6.92 Å². The van der Waals surface area contributed by atoms with Crippen LogP contribution in [0.4, 0.5) is 4.79 Å². The van der Waals surface area contributed by atoms with E-state index in [1.54, 1.807) is 52.0 Å². The highest BCUT2D eigenvalue weighted by Crippen LogP contribution is 2.17.